The molecule has 0 unspecified atom stereocenters. The number of nitrogens with one attached hydrogen (secondary N) is 1. The van der Waals surface area contributed by atoms with Gasteiger partial charge in [0, 0.05) is 19.0 Å². The molecule has 1 saturated carbocycles. The highest BCUT2D eigenvalue weighted by atomic mass is 32.1. The van der Waals surface area contributed by atoms with Gasteiger partial charge in [0.05, 0.1) is 17.0 Å². The first kappa shape index (κ1) is 19.4. The Morgan fingerprint density at radius 2 is 1.84 bits per heavy atom. The average molecular weight is 366 g/mol. The van der Waals surface area contributed by atoms with Crippen molar-refractivity contribution in [3.05, 3.63) is 16.0 Å². The third-order valence-corrected chi connectivity index (χ3v) is 5.78. The zero-order valence-corrected chi connectivity index (χ0v) is 16.1. The van der Waals surface area contributed by atoms with Crippen LogP contribution >= 0.6 is 11.3 Å². The molecule has 0 radical (unpaired) electrons. The topological polar surface area (TPSA) is 75.7 Å². The van der Waals surface area contributed by atoms with Crippen LogP contribution in [0.2, 0.25) is 0 Å². The number of thiophene rings is 1. The summed E-state index contributed by atoms with van der Waals surface area (Å²) in [6.07, 6.45) is 2.80. The summed E-state index contributed by atoms with van der Waals surface area (Å²) < 4.78 is 5.13. The molecule has 0 aromatic carbocycles. The van der Waals surface area contributed by atoms with Crippen LogP contribution in [0.3, 0.4) is 0 Å². The Kier molecular flexibility index (Phi) is 6.58. The first-order chi connectivity index (χ1) is 11.9. The number of ether oxygens (including phenoxy) is 1. The molecule has 25 heavy (non-hydrogen) atoms. The predicted octanol–water partition coefficient (Wildman–Crippen LogP) is 3.45. The molecule has 1 fully saturated rings. The van der Waals surface area contributed by atoms with Gasteiger partial charge < -0.3 is 15.0 Å². The van der Waals surface area contributed by atoms with Crippen molar-refractivity contribution in [1.29, 1.82) is 0 Å². The van der Waals surface area contributed by atoms with Gasteiger partial charge >= 0.3 is 5.97 Å². The van der Waals surface area contributed by atoms with Gasteiger partial charge in [0.25, 0.3) is 5.91 Å². The van der Waals surface area contributed by atoms with Crippen molar-refractivity contribution in [2.24, 2.45) is 5.92 Å². The Bertz CT molecular complexity index is 660. The summed E-state index contributed by atoms with van der Waals surface area (Å²) in [5, 5.41) is 3.27. The van der Waals surface area contributed by atoms with E-state index in [1.165, 1.54) is 0 Å². The zero-order chi connectivity index (χ0) is 18.6. The third-order valence-electron chi connectivity index (χ3n) is 4.58. The van der Waals surface area contributed by atoms with Crippen molar-refractivity contribution < 1.29 is 19.1 Å². The lowest BCUT2D eigenvalue weighted by Gasteiger charge is -2.23. The molecule has 138 valence electrons. The number of carbonyl (C=O) groups is 3. The first-order valence-electron chi connectivity index (χ1n) is 8.85. The number of rotatable bonds is 7. The van der Waals surface area contributed by atoms with E-state index < -0.39 is 5.97 Å². The van der Waals surface area contributed by atoms with Crippen LogP contribution < -0.4 is 5.32 Å². The van der Waals surface area contributed by atoms with Gasteiger partial charge in [0.2, 0.25) is 5.91 Å². The molecule has 0 aliphatic heterocycles. The maximum Gasteiger partial charge on any atom is 0.341 e. The van der Waals surface area contributed by atoms with Crippen LogP contribution in [0, 0.1) is 12.8 Å². The molecule has 0 spiro atoms. The highest BCUT2D eigenvalue weighted by molar-refractivity contribution is 7.18. The van der Waals surface area contributed by atoms with Crippen LogP contribution in [0.25, 0.3) is 0 Å². The zero-order valence-electron chi connectivity index (χ0n) is 15.3. The SMILES string of the molecule is CCOC(=O)c1c(NC(=O)C2CCC2)sc(C(=O)N(CC)CC)c1C. The Morgan fingerprint density at radius 3 is 2.32 bits per heavy atom. The number of anilines is 1. The minimum absolute atomic E-state index is 0.000569. The van der Waals surface area contributed by atoms with E-state index in [1.54, 1.807) is 18.7 Å². The number of hydrogen-bond donors (Lipinski definition) is 1. The number of carbonyl (C=O) groups excluding carboxylic acids is 3. The smallest absolute Gasteiger partial charge is 0.341 e. The molecule has 7 heteroatoms. The molecule has 1 aromatic heterocycles. The van der Waals surface area contributed by atoms with Gasteiger partial charge in [-0.1, -0.05) is 6.42 Å². The summed E-state index contributed by atoms with van der Waals surface area (Å²) in [6.45, 7) is 8.71. The van der Waals surface area contributed by atoms with Crippen LogP contribution in [0.5, 0.6) is 0 Å². The van der Waals surface area contributed by atoms with Gasteiger partial charge in [0.15, 0.2) is 0 Å². The molecule has 0 saturated heterocycles. The highest BCUT2D eigenvalue weighted by Crippen LogP contribution is 2.36. The van der Waals surface area contributed by atoms with Crippen molar-refractivity contribution in [2.45, 2.75) is 47.0 Å². The number of esters is 1. The average Bonchev–Trinajstić information content (AvgIpc) is 2.83. The largest absolute Gasteiger partial charge is 0.462 e. The van der Waals surface area contributed by atoms with Gasteiger partial charge in [-0.3, -0.25) is 9.59 Å². The summed E-state index contributed by atoms with van der Waals surface area (Å²) >= 11 is 1.16. The number of amides is 2. The molecule has 6 nitrogen and oxygen atoms in total. The Hall–Kier alpha value is -1.89. The molecule has 0 bridgehead atoms. The van der Waals surface area contributed by atoms with Crippen LogP contribution in [0.1, 0.15) is 65.6 Å². The number of nitrogens with zero attached hydrogens (tertiary/aromatic N) is 1. The summed E-state index contributed by atoms with van der Waals surface area (Å²) in [7, 11) is 0. The fourth-order valence-corrected chi connectivity index (χ4v) is 3.96. The van der Waals surface area contributed by atoms with E-state index in [0.29, 0.717) is 34.1 Å². The fourth-order valence-electron chi connectivity index (χ4n) is 2.79. The van der Waals surface area contributed by atoms with Crippen molar-refractivity contribution >= 4 is 34.1 Å². The molecule has 2 rings (SSSR count). The van der Waals surface area contributed by atoms with Gasteiger partial charge in [-0.05, 0) is 46.1 Å². The summed E-state index contributed by atoms with van der Waals surface area (Å²) in [5.74, 6) is -0.708. The minimum atomic E-state index is -0.501. The lowest BCUT2D eigenvalue weighted by atomic mass is 9.85. The maximum absolute atomic E-state index is 12.7. The second-order valence-electron chi connectivity index (χ2n) is 6.08. The predicted molar refractivity (Wildman–Crippen MR) is 98.2 cm³/mol. The molecule has 1 aliphatic rings. The van der Waals surface area contributed by atoms with Crippen LogP contribution in [-0.2, 0) is 9.53 Å². The third kappa shape index (κ3) is 4.03. The van der Waals surface area contributed by atoms with Gasteiger partial charge in [-0.25, -0.2) is 4.79 Å². The lowest BCUT2D eigenvalue weighted by Crippen LogP contribution is -2.30. The quantitative estimate of drug-likeness (QED) is 0.750. The van der Waals surface area contributed by atoms with Crippen molar-refractivity contribution in [3.63, 3.8) is 0 Å². The van der Waals surface area contributed by atoms with E-state index in [0.717, 1.165) is 30.6 Å². The van der Waals surface area contributed by atoms with Gasteiger partial charge in [-0.2, -0.15) is 0 Å². The molecule has 1 N–H and O–H groups in total. The van der Waals surface area contributed by atoms with E-state index in [1.807, 2.05) is 13.8 Å². The van der Waals surface area contributed by atoms with E-state index in [-0.39, 0.29) is 24.3 Å². The lowest BCUT2D eigenvalue weighted by molar-refractivity contribution is -0.122. The Labute approximate surface area is 152 Å². The van der Waals surface area contributed by atoms with E-state index in [4.69, 9.17) is 4.74 Å². The van der Waals surface area contributed by atoms with Crippen molar-refractivity contribution in [2.75, 3.05) is 25.0 Å². The second-order valence-corrected chi connectivity index (χ2v) is 7.10. The molecular formula is C18H26N2O4S. The van der Waals surface area contributed by atoms with E-state index in [2.05, 4.69) is 5.32 Å². The van der Waals surface area contributed by atoms with Crippen LogP contribution in [-0.4, -0.2) is 42.4 Å². The van der Waals surface area contributed by atoms with Crippen LogP contribution in [0.15, 0.2) is 0 Å². The number of hydrogen-bond acceptors (Lipinski definition) is 5. The molecular weight excluding hydrogens is 340 g/mol. The summed E-state index contributed by atoms with van der Waals surface area (Å²) in [6, 6.07) is 0. The molecule has 1 aliphatic carbocycles. The standard InChI is InChI=1S/C18H26N2O4S/c1-5-20(6-2)17(22)14-11(4)13(18(23)24-7-3)16(25-14)19-15(21)12-9-8-10-12/h12H,5-10H2,1-4H3,(H,19,21). The normalized spacial score (nSPS) is 13.9. The summed E-state index contributed by atoms with van der Waals surface area (Å²) in [5.41, 5.74) is 0.874. The Morgan fingerprint density at radius 1 is 1.20 bits per heavy atom. The van der Waals surface area contributed by atoms with Crippen molar-refractivity contribution in [3.8, 4) is 0 Å². The highest BCUT2D eigenvalue weighted by Gasteiger charge is 2.31. The van der Waals surface area contributed by atoms with Crippen LogP contribution in [0.4, 0.5) is 5.00 Å². The van der Waals surface area contributed by atoms with Crippen molar-refractivity contribution in [1.82, 2.24) is 4.90 Å². The van der Waals surface area contributed by atoms with E-state index >= 15 is 0 Å². The first-order valence-corrected chi connectivity index (χ1v) is 9.66. The van der Waals surface area contributed by atoms with Gasteiger partial charge in [0.1, 0.15) is 5.00 Å². The van der Waals surface area contributed by atoms with Gasteiger partial charge in [-0.15, -0.1) is 11.3 Å². The second kappa shape index (κ2) is 8.47. The molecule has 1 aromatic rings. The summed E-state index contributed by atoms with van der Waals surface area (Å²) in [4.78, 5) is 39.6. The molecule has 2 amide bonds. The molecule has 1 heterocycles. The Balaban J connectivity index is 2.38. The molecule has 0 atom stereocenters. The maximum atomic E-state index is 12.7. The minimum Gasteiger partial charge on any atom is -0.462 e. The fraction of sp³-hybridized carbons (Fsp3) is 0.611. The van der Waals surface area contributed by atoms with E-state index in [9.17, 15) is 14.4 Å². The monoisotopic (exact) mass is 366 g/mol.